The van der Waals surface area contributed by atoms with Crippen LogP contribution in [0, 0.1) is 0 Å². The lowest BCUT2D eigenvalue weighted by molar-refractivity contribution is -0.124. The Labute approximate surface area is 127 Å². The number of amides is 2. The molecule has 0 saturated carbocycles. The summed E-state index contributed by atoms with van der Waals surface area (Å²) >= 11 is 1.29. The van der Waals surface area contributed by atoms with Gasteiger partial charge in [0.15, 0.2) is 5.25 Å². The molecule has 1 unspecified atom stereocenters. The van der Waals surface area contributed by atoms with Crippen LogP contribution in [0.2, 0.25) is 0 Å². The molecule has 0 aromatic heterocycles. The van der Waals surface area contributed by atoms with Crippen LogP contribution in [-0.2, 0) is 9.59 Å². The summed E-state index contributed by atoms with van der Waals surface area (Å²) in [4.78, 5) is 27.2. The summed E-state index contributed by atoms with van der Waals surface area (Å²) in [6, 6.07) is 16.7. The van der Waals surface area contributed by atoms with Gasteiger partial charge in [0.1, 0.15) is 0 Å². The van der Waals surface area contributed by atoms with Crippen LogP contribution < -0.4 is 10.2 Å². The number of hydrogen-bond donors (Lipinski definition) is 1. The summed E-state index contributed by atoms with van der Waals surface area (Å²) in [6.07, 6.45) is 0. The van der Waals surface area contributed by atoms with Crippen LogP contribution in [0.25, 0.3) is 0 Å². The Hall–Kier alpha value is -2.27. The van der Waals surface area contributed by atoms with Crippen molar-refractivity contribution in [1.82, 2.24) is 0 Å². The van der Waals surface area contributed by atoms with Crippen molar-refractivity contribution in [2.75, 3.05) is 17.3 Å². The lowest BCUT2D eigenvalue weighted by atomic mass is 10.2. The minimum absolute atomic E-state index is 0.202. The predicted octanol–water partition coefficient (Wildman–Crippen LogP) is 2.76. The van der Waals surface area contributed by atoms with E-state index in [1.165, 1.54) is 11.8 Å². The van der Waals surface area contributed by atoms with E-state index in [-0.39, 0.29) is 11.8 Å². The molecule has 0 radical (unpaired) electrons. The maximum absolute atomic E-state index is 12.4. The van der Waals surface area contributed by atoms with E-state index in [4.69, 9.17) is 0 Å². The first kappa shape index (κ1) is 13.7. The van der Waals surface area contributed by atoms with Gasteiger partial charge in [-0.25, -0.2) is 0 Å². The van der Waals surface area contributed by atoms with Crippen molar-refractivity contribution in [1.29, 1.82) is 0 Å². The smallest absolute Gasteiger partial charge is 0.249 e. The second-order valence-electron chi connectivity index (χ2n) is 4.72. The Kier molecular flexibility index (Phi) is 3.66. The van der Waals surface area contributed by atoms with E-state index in [9.17, 15) is 9.59 Å². The standard InChI is InChI=1S/C16H14N2O2S/c1-18-12-9-5-6-10-13(12)21-14(16(18)20)15(19)17-11-7-3-2-4-8-11/h2-10,14H,1H3,(H,17,19). The Morgan fingerprint density at radius 3 is 2.52 bits per heavy atom. The van der Waals surface area contributed by atoms with Crippen molar-refractivity contribution in [3.8, 4) is 0 Å². The number of anilines is 2. The van der Waals surface area contributed by atoms with Gasteiger partial charge in [-0.15, -0.1) is 11.8 Å². The van der Waals surface area contributed by atoms with Crippen LogP contribution in [0.5, 0.6) is 0 Å². The van der Waals surface area contributed by atoms with Crippen molar-refractivity contribution in [3.05, 3.63) is 54.6 Å². The second-order valence-corrected chi connectivity index (χ2v) is 5.87. The Morgan fingerprint density at radius 2 is 1.76 bits per heavy atom. The zero-order valence-corrected chi connectivity index (χ0v) is 12.3. The number of rotatable bonds is 2. The van der Waals surface area contributed by atoms with Crippen LogP contribution in [0.15, 0.2) is 59.5 Å². The molecule has 0 fully saturated rings. The largest absolute Gasteiger partial charge is 0.325 e. The fourth-order valence-electron chi connectivity index (χ4n) is 2.20. The number of thioether (sulfide) groups is 1. The number of hydrogen-bond acceptors (Lipinski definition) is 3. The Morgan fingerprint density at radius 1 is 1.10 bits per heavy atom. The molecule has 1 aliphatic rings. The molecule has 1 aliphatic heterocycles. The normalized spacial score (nSPS) is 17.3. The third-order valence-corrected chi connectivity index (χ3v) is 4.56. The van der Waals surface area contributed by atoms with Gasteiger partial charge in [-0.1, -0.05) is 30.3 Å². The number of fused-ring (bicyclic) bond motifs is 1. The van der Waals surface area contributed by atoms with Crippen LogP contribution in [0.1, 0.15) is 0 Å². The van der Waals surface area contributed by atoms with Crippen molar-refractivity contribution in [3.63, 3.8) is 0 Å². The monoisotopic (exact) mass is 298 g/mol. The number of para-hydroxylation sites is 2. The van der Waals surface area contributed by atoms with Gasteiger partial charge in [0.05, 0.1) is 5.69 Å². The molecule has 21 heavy (non-hydrogen) atoms. The third kappa shape index (κ3) is 2.64. The van der Waals surface area contributed by atoms with Crippen LogP contribution in [-0.4, -0.2) is 24.1 Å². The lowest BCUT2D eigenvalue weighted by Crippen LogP contribution is -2.44. The van der Waals surface area contributed by atoms with Crippen molar-refractivity contribution < 1.29 is 9.59 Å². The fraction of sp³-hybridized carbons (Fsp3) is 0.125. The first-order valence-electron chi connectivity index (χ1n) is 6.56. The summed E-state index contributed by atoms with van der Waals surface area (Å²) in [6.45, 7) is 0. The zero-order valence-electron chi connectivity index (χ0n) is 11.4. The van der Waals surface area contributed by atoms with Crippen molar-refractivity contribution in [2.24, 2.45) is 0 Å². The van der Waals surface area contributed by atoms with Gasteiger partial charge in [0.2, 0.25) is 11.8 Å². The number of benzene rings is 2. The molecule has 0 spiro atoms. The fourth-order valence-corrected chi connectivity index (χ4v) is 3.36. The molecule has 1 N–H and O–H groups in total. The zero-order chi connectivity index (χ0) is 14.8. The first-order valence-corrected chi connectivity index (χ1v) is 7.44. The summed E-state index contributed by atoms with van der Waals surface area (Å²) in [5.41, 5.74) is 1.54. The van der Waals surface area contributed by atoms with Crippen molar-refractivity contribution in [2.45, 2.75) is 10.1 Å². The average Bonchev–Trinajstić information content (AvgIpc) is 2.52. The van der Waals surface area contributed by atoms with E-state index >= 15 is 0 Å². The van der Waals surface area contributed by atoms with Crippen LogP contribution in [0.3, 0.4) is 0 Å². The van der Waals surface area contributed by atoms with E-state index in [1.807, 2.05) is 42.5 Å². The van der Waals surface area contributed by atoms with Gasteiger partial charge < -0.3 is 10.2 Å². The molecule has 106 valence electrons. The molecule has 0 bridgehead atoms. The third-order valence-electron chi connectivity index (χ3n) is 3.31. The second kappa shape index (κ2) is 5.61. The molecule has 1 heterocycles. The Balaban J connectivity index is 1.83. The molecule has 4 nitrogen and oxygen atoms in total. The molecule has 2 aromatic carbocycles. The van der Waals surface area contributed by atoms with E-state index in [1.54, 1.807) is 24.1 Å². The van der Waals surface area contributed by atoms with E-state index < -0.39 is 5.25 Å². The van der Waals surface area contributed by atoms with Gasteiger partial charge in [0.25, 0.3) is 0 Å². The minimum Gasteiger partial charge on any atom is -0.325 e. The topological polar surface area (TPSA) is 49.4 Å². The summed E-state index contributed by atoms with van der Waals surface area (Å²) in [5, 5.41) is 2.03. The quantitative estimate of drug-likeness (QED) is 0.867. The van der Waals surface area contributed by atoms with Crippen LogP contribution in [0.4, 0.5) is 11.4 Å². The molecule has 1 atom stereocenters. The highest BCUT2D eigenvalue weighted by Crippen LogP contribution is 2.38. The first-order chi connectivity index (χ1) is 10.2. The molecule has 0 aliphatic carbocycles. The van der Waals surface area contributed by atoms with Gasteiger partial charge in [-0.3, -0.25) is 9.59 Å². The van der Waals surface area contributed by atoms with E-state index in [2.05, 4.69) is 5.32 Å². The van der Waals surface area contributed by atoms with E-state index in [0.717, 1.165) is 10.6 Å². The highest BCUT2D eigenvalue weighted by Gasteiger charge is 2.36. The molecule has 3 rings (SSSR count). The Bertz CT molecular complexity index is 688. The summed E-state index contributed by atoms with van der Waals surface area (Å²) < 4.78 is 0. The maximum Gasteiger partial charge on any atom is 0.249 e. The molecule has 2 amide bonds. The number of nitrogens with zero attached hydrogens (tertiary/aromatic N) is 1. The molecule has 2 aromatic rings. The minimum atomic E-state index is -0.759. The highest BCUT2D eigenvalue weighted by molar-refractivity contribution is 8.01. The molecular weight excluding hydrogens is 284 g/mol. The van der Waals surface area contributed by atoms with Gasteiger partial charge in [0, 0.05) is 17.6 Å². The average molecular weight is 298 g/mol. The molecule has 5 heteroatoms. The maximum atomic E-state index is 12.4. The van der Waals surface area contributed by atoms with Gasteiger partial charge in [-0.05, 0) is 24.3 Å². The van der Waals surface area contributed by atoms with Crippen LogP contribution >= 0.6 is 11.8 Å². The lowest BCUT2D eigenvalue weighted by Gasteiger charge is -2.30. The SMILES string of the molecule is CN1C(=O)C(C(=O)Nc2ccccc2)Sc2ccccc21. The molecular formula is C16H14N2O2S. The van der Waals surface area contributed by atoms with Crippen molar-refractivity contribution >= 4 is 35.0 Å². The highest BCUT2D eigenvalue weighted by atomic mass is 32.2. The number of carbonyl (C=O) groups excluding carboxylic acids is 2. The molecule has 0 saturated heterocycles. The summed E-state index contributed by atoms with van der Waals surface area (Å²) in [5.74, 6) is -0.496. The number of nitrogens with one attached hydrogen (secondary N) is 1. The van der Waals surface area contributed by atoms with Gasteiger partial charge in [-0.2, -0.15) is 0 Å². The summed E-state index contributed by atoms with van der Waals surface area (Å²) in [7, 11) is 1.70. The number of carbonyl (C=O) groups is 2. The van der Waals surface area contributed by atoms with Gasteiger partial charge >= 0.3 is 0 Å². The van der Waals surface area contributed by atoms with E-state index in [0.29, 0.717) is 5.69 Å². The predicted molar refractivity (Wildman–Crippen MR) is 84.6 cm³/mol.